The van der Waals surface area contributed by atoms with Crippen LogP contribution in [0.4, 0.5) is 0 Å². The molecule has 2 N–H and O–H groups in total. The standard InChI is InChI=1S/C27H28N4O6/c32-23-18-10-4-5-11-19(18)28-27(37)31(23)22(16-17-8-2-1-3-9-17)25(34)29-14-6-12-20(29)24(33)30-15-7-13-21(30)26(35)36/h1-5,8-11,20-22H,6-7,12-16H2,(H,28,37)(H,35,36). The molecule has 37 heavy (non-hydrogen) atoms. The molecular formula is C27H28N4O6. The predicted octanol–water partition coefficient (Wildman–Crippen LogP) is 1.54. The van der Waals surface area contributed by atoms with Crippen LogP contribution < -0.4 is 11.2 Å². The molecule has 2 aromatic carbocycles. The van der Waals surface area contributed by atoms with Gasteiger partial charge in [0.15, 0.2) is 0 Å². The van der Waals surface area contributed by atoms with Crippen LogP contribution in [0.15, 0.2) is 64.2 Å². The number of para-hydroxylation sites is 1. The van der Waals surface area contributed by atoms with Gasteiger partial charge in [0.05, 0.1) is 10.9 Å². The summed E-state index contributed by atoms with van der Waals surface area (Å²) in [6.07, 6.45) is 2.01. The molecule has 3 heterocycles. The lowest BCUT2D eigenvalue weighted by Crippen LogP contribution is -2.53. The molecule has 1 aromatic heterocycles. The number of nitrogens with one attached hydrogen (secondary N) is 1. The summed E-state index contributed by atoms with van der Waals surface area (Å²) < 4.78 is 0.952. The Kier molecular flexibility index (Phi) is 6.64. The van der Waals surface area contributed by atoms with E-state index in [0.29, 0.717) is 37.7 Å². The summed E-state index contributed by atoms with van der Waals surface area (Å²) in [5.41, 5.74) is -0.151. The average Bonchev–Trinajstić information content (AvgIpc) is 3.58. The Balaban J connectivity index is 1.54. The molecule has 0 spiro atoms. The minimum atomic E-state index is -1.18. The second kappa shape index (κ2) is 10.0. The number of hydrogen-bond acceptors (Lipinski definition) is 5. The first kappa shape index (κ1) is 24.5. The zero-order valence-corrected chi connectivity index (χ0v) is 20.2. The number of aromatic nitrogens is 2. The molecule has 5 rings (SSSR count). The Morgan fingerprint density at radius 3 is 2.27 bits per heavy atom. The summed E-state index contributed by atoms with van der Waals surface area (Å²) in [4.78, 5) is 71.3. The Hall–Kier alpha value is -4.21. The summed E-state index contributed by atoms with van der Waals surface area (Å²) in [5.74, 6) is -1.96. The zero-order chi connectivity index (χ0) is 26.1. The Labute approximate surface area is 212 Å². The number of rotatable bonds is 6. The van der Waals surface area contributed by atoms with Crippen LogP contribution in [0.3, 0.4) is 0 Å². The quantitative estimate of drug-likeness (QED) is 0.523. The van der Waals surface area contributed by atoms with E-state index in [9.17, 15) is 29.1 Å². The van der Waals surface area contributed by atoms with E-state index >= 15 is 0 Å². The van der Waals surface area contributed by atoms with E-state index in [2.05, 4.69) is 4.98 Å². The number of aliphatic carboxylic acids is 1. The van der Waals surface area contributed by atoms with Gasteiger partial charge in [-0.2, -0.15) is 0 Å². The molecule has 0 bridgehead atoms. The molecule has 3 aromatic rings. The molecule has 10 heteroatoms. The van der Waals surface area contributed by atoms with Gasteiger partial charge in [0.1, 0.15) is 18.1 Å². The van der Waals surface area contributed by atoms with Crippen LogP contribution in [0, 0.1) is 0 Å². The number of carbonyl (C=O) groups excluding carboxylic acids is 2. The number of carboxylic acid groups (broad SMARTS) is 1. The van der Waals surface area contributed by atoms with Crippen LogP contribution in [-0.2, 0) is 20.8 Å². The maximum absolute atomic E-state index is 14.1. The van der Waals surface area contributed by atoms with Crippen LogP contribution in [-0.4, -0.2) is 67.4 Å². The Morgan fingerprint density at radius 1 is 0.892 bits per heavy atom. The van der Waals surface area contributed by atoms with Crippen molar-refractivity contribution in [1.82, 2.24) is 19.4 Å². The maximum atomic E-state index is 14.1. The van der Waals surface area contributed by atoms with E-state index in [1.165, 1.54) is 9.80 Å². The fourth-order valence-electron chi connectivity index (χ4n) is 5.54. The molecular weight excluding hydrogens is 476 g/mol. The Bertz CT molecular complexity index is 1460. The van der Waals surface area contributed by atoms with Gasteiger partial charge >= 0.3 is 11.7 Å². The van der Waals surface area contributed by atoms with Gasteiger partial charge in [-0.05, 0) is 43.4 Å². The number of fused-ring (bicyclic) bond motifs is 1. The maximum Gasteiger partial charge on any atom is 0.329 e. The molecule has 0 radical (unpaired) electrons. The third-order valence-electron chi connectivity index (χ3n) is 7.35. The predicted molar refractivity (Wildman–Crippen MR) is 135 cm³/mol. The summed E-state index contributed by atoms with van der Waals surface area (Å²) in [6, 6.07) is 12.8. The van der Waals surface area contributed by atoms with Crippen molar-refractivity contribution in [3.05, 3.63) is 81.0 Å². The highest BCUT2D eigenvalue weighted by molar-refractivity contribution is 5.92. The monoisotopic (exact) mass is 504 g/mol. The molecule has 2 amide bonds. The largest absolute Gasteiger partial charge is 0.480 e. The van der Waals surface area contributed by atoms with E-state index in [-0.39, 0.29) is 18.4 Å². The minimum Gasteiger partial charge on any atom is -0.480 e. The molecule has 2 fully saturated rings. The second-order valence-corrected chi connectivity index (χ2v) is 9.57. The molecule has 2 aliphatic heterocycles. The van der Waals surface area contributed by atoms with Crippen LogP contribution in [0.5, 0.6) is 0 Å². The smallest absolute Gasteiger partial charge is 0.329 e. The lowest BCUT2D eigenvalue weighted by molar-refractivity contribution is -0.152. The number of H-pyrrole nitrogens is 1. The molecule has 3 atom stereocenters. The molecule has 2 saturated heterocycles. The third kappa shape index (κ3) is 4.54. The Morgan fingerprint density at radius 2 is 1.54 bits per heavy atom. The lowest BCUT2D eigenvalue weighted by atomic mass is 10.0. The fraction of sp³-hybridized carbons (Fsp3) is 0.370. The molecule has 0 saturated carbocycles. The van der Waals surface area contributed by atoms with Gasteiger partial charge in [-0.3, -0.25) is 14.4 Å². The summed E-state index contributed by atoms with van der Waals surface area (Å²) in [6.45, 7) is 0.609. The van der Waals surface area contributed by atoms with Crippen LogP contribution in [0.2, 0.25) is 0 Å². The van der Waals surface area contributed by atoms with Gasteiger partial charge in [-0.15, -0.1) is 0 Å². The summed E-state index contributed by atoms with van der Waals surface area (Å²) in [7, 11) is 0. The van der Waals surface area contributed by atoms with Gasteiger partial charge in [0, 0.05) is 19.5 Å². The van der Waals surface area contributed by atoms with Crippen molar-refractivity contribution in [3.63, 3.8) is 0 Å². The van der Waals surface area contributed by atoms with Crippen molar-refractivity contribution < 1.29 is 19.5 Å². The molecule has 2 aliphatic rings. The second-order valence-electron chi connectivity index (χ2n) is 9.57. The number of likely N-dealkylation sites (tertiary alicyclic amines) is 2. The van der Waals surface area contributed by atoms with Crippen molar-refractivity contribution >= 4 is 28.7 Å². The van der Waals surface area contributed by atoms with Gasteiger partial charge < -0.3 is 19.9 Å². The van der Waals surface area contributed by atoms with Crippen LogP contribution in [0.25, 0.3) is 10.9 Å². The van der Waals surface area contributed by atoms with Gasteiger partial charge in [-0.1, -0.05) is 42.5 Å². The first-order chi connectivity index (χ1) is 17.9. The van der Waals surface area contributed by atoms with E-state index in [1.807, 2.05) is 30.3 Å². The number of benzene rings is 2. The number of nitrogens with zero attached hydrogens (tertiary/aromatic N) is 3. The van der Waals surface area contributed by atoms with Crippen molar-refractivity contribution in [2.75, 3.05) is 13.1 Å². The highest BCUT2D eigenvalue weighted by Crippen LogP contribution is 2.28. The van der Waals surface area contributed by atoms with Crippen LogP contribution >= 0.6 is 0 Å². The van der Waals surface area contributed by atoms with E-state index in [1.54, 1.807) is 24.3 Å². The van der Waals surface area contributed by atoms with Crippen molar-refractivity contribution in [2.45, 2.75) is 50.2 Å². The number of carbonyl (C=O) groups is 3. The molecule has 192 valence electrons. The zero-order valence-electron chi connectivity index (χ0n) is 20.2. The topological polar surface area (TPSA) is 133 Å². The lowest BCUT2D eigenvalue weighted by Gasteiger charge is -2.32. The fourth-order valence-corrected chi connectivity index (χ4v) is 5.54. The van der Waals surface area contributed by atoms with Gasteiger partial charge in [0.25, 0.3) is 5.56 Å². The number of carboxylic acids is 1. The average molecular weight is 505 g/mol. The number of aromatic amines is 1. The van der Waals surface area contributed by atoms with Crippen molar-refractivity contribution in [3.8, 4) is 0 Å². The number of amides is 2. The minimum absolute atomic E-state index is 0.0832. The SMILES string of the molecule is O=C(O)C1CCCN1C(=O)C1CCCN1C(=O)C(Cc1ccccc1)n1c(=O)[nH]c2ccccc2c1=O. The van der Waals surface area contributed by atoms with Crippen LogP contribution in [0.1, 0.15) is 37.3 Å². The first-order valence-electron chi connectivity index (χ1n) is 12.5. The molecule has 0 aliphatic carbocycles. The number of hydrogen-bond donors (Lipinski definition) is 2. The molecule has 3 unspecified atom stereocenters. The van der Waals surface area contributed by atoms with Crippen molar-refractivity contribution in [1.29, 1.82) is 0 Å². The normalized spacial score (nSPS) is 20.3. The van der Waals surface area contributed by atoms with Gasteiger partial charge in [-0.25, -0.2) is 14.2 Å². The highest BCUT2D eigenvalue weighted by Gasteiger charge is 2.44. The first-order valence-corrected chi connectivity index (χ1v) is 12.5. The van der Waals surface area contributed by atoms with E-state index < -0.39 is 47.2 Å². The molecule has 10 nitrogen and oxygen atoms in total. The third-order valence-corrected chi connectivity index (χ3v) is 7.35. The summed E-state index contributed by atoms with van der Waals surface area (Å²) >= 11 is 0. The highest BCUT2D eigenvalue weighted by atomic mass is 16.4. The van der Waals surface area contributed by atoms with Gasteiger partial charge in [0.2, 0.25) is 11.8 Å². The van der Waals surface area contributed by atoms with E-state index in [4.69, 9.17) is 0 Å². The van der Waals surface area contributed by atoms with Crippen molar-refractivity contribution in [2.24, 2.45) is 0 Å². The van der Waals surface area contributed by atoms with E-state index in [0.717, 1.165) is 10.1 Å². The summed E-state index contributed by atoms with van der Waals surface area (Å²) in [5, 5.41) is 9.83.